The first-order valence-electron chi connectivity index (χ1n) is 6.98. The first-order valence-corrected chi connectivity index (χ1v) is 6.98. The lowest BCUT2D eigenvalue weighted by Crippen LogP contribution is -1.97. The topological polar surface area (TPSA) is 4.93 Å². The molecule has 0 saturated carbocycles. The van der Waals surface area contributed by atoms with Gasteiger partial charge >= 0.3 is 0 Å². The van der Waals surface area contributed by atoms with Crippen molar-refractivity contribution in [2.45, 2.75) is 25.8 Å². The molecule has 0 radical (unpaired) electrons. The van der Waals surface area contributed by atoms with E-state index in [-0.39, 0.29) is 0 Å². The van der Waals surface area contributed by atoms with Crippen LogP contribution in [0.15, 0.2) is 61.2 Å². The molecule has 0 atom stereocenters. The maximum Gasteiger partial charge on any atom is 0.0491 e. The van der Waals surface area contributed by atoms with Crippen molar-refractivity contribution >= 4 is 21.8 Å². The number of aromatic nitrogens is 1. The summed E-state index contributed by atoms with van der Waals surface area (Å²) in [4.78, 5) is 0. The SMILES string of the molecule is C=CCCCCn1c2ccccc2c2ccccc21. The van der Waals surface area contributed by atoms with Gasteiger partial charge in [0.1, 0.15) is 0 Å². The average Bonchev–Trinajstić information content (AvgIpc) is 2.78. The fourth-order valence-corrected chi connectivity index (χ4v) is 2.80. The lowest BCUT2D eigenvalue weighted by molar-refractivity contribution is 0.642. The standard InChI is InChI=1S/C18H19N/c1-2-3-4-9-14-19-17-12-7-5-10-15(17)16-11-6-8-13-18(16)19/h2,5-8,10-13H,1,3-4,9,14H2. The summed E-state index contributed by atoms with van der Waals surface area (Å²) >= 11 is 0. The molecule has 2 aromatic carbocycles. The van der Waals surface area contributed by atoms with E-state index in [2.05, 4.69) is 59.7 Å². The van der Waals surface area contributed by atoms with Crippen LogP contribution in [0.3, 0.4) is 0 Å². The molecule has 0 saturated heterocycles. The molecule has 3 rings (SSSR count). The Kier molecular flexibility index (Phi) is 3.37. The van der Waals surface area contributed by atoms with Crippen molar-refractivity contribution in [2.24, 2.45) is 0 Å². The summed E-state index contributed by atoms with van der Waals surface area (Å²) in [5.74, 6) is 0. The number of benzene rings is 2. The van der Waals surface area contributed by atoms with Crippen molar-refractivity contribution in [2.75, 3.05) is 0 Å². The third kappa shape index (κ3) is 2.17. The molecule has 0 N–H and O–H groups in total. The van der Waals surface area contributed by atoms with Gasteiger partial charge in [-0.3, -0.25) is 0 Å². The Morgan fingerprint density at radius 2 is 1.42 bits per heavy atom. The number of aryl methyl sites for hydroxylation is 1. The quantitative estimate of drug-likeness (QED) is 0.435. The predicted octanol–water partition coefficient (Wildman–Crippen LogP) is 5.15. The fourth-order valence-electron chi connectivity index (χ4n) is 2.80. The Labute approximate surface area is 114 Å². The second-order valence-electron chi connectivity index (χ2n) is 4.97. The molecule has 96 valence electrons. The number of unbranched alkanes of at least 4 members (excludes halogenated alkanes) is 2. The van der Waals surface area contributed by atoms with E-state index >= 15 is 0 Å². The van der Waals surface area contributed by atoms with Gasteiger partial charge in [0.05, 0.1) is 0 Å². The molecule has 3 aromatic rings. The molecule has 0 aliphatic heterocycles. The number of fused-ring (bicyclic) bond motifs is 3. The maximum absolute atomic E-state index is 3.79. The Bertz CT molecular complexity index is 653. The molecule has 1 aromatic heterocycles. The van der Waals surface area contributed by atoms with Crippen LogP contribution in [0, 0.1) is 0 Å². The van der Waals surface area contributed by atoms with Gasteiger partial charge in [-0.1, -0.05) is 42.5 Å². The minimum atomic E-state index is 1.09. The zero-order valence-electron chi connectivity index (χ0n) is 11.2. The van der Waals surface area contributed by atoms with E-state index in [1.54, 1.807) is 0 Å². The highest BCUT2D eigenvalue weighted by molar-refractivity contribution is 6.07. The number of rotatable bonds is 5. The van der Waals surface area contributed by atoms with Gasteiger partial charge in [-0.05, 0) is 31.4 Å². The van der Waals surface area contributed by atoms with E-state index in [1.165, 1.54) is 34.6 Å². The summed E-state index contributed by atoms with van der Waals surface area (Å²) in [6.07, 6.45) is 5.53. The fraction of sp³-hybridized carbons (Fsp3) is 0.222. The molecule has 0 spiro atoms. The van der Waals surface area contributed by atoms with E-state index in [0.29, 0.717) is 0 Å². The lowest BCUT2D eigenvalue weighted by atomic mass is 10.2. The van der Waals surface area contributed by atoms with Crippen molar-refractivity contribution in [3.05, 3.63) is 61.2 Å². The van der Waals surface area contributed by atoms with E-state index in [4.69, 9.17) is 0 Å². The molecule has 1 heterocycles. The van der Waals surface area contributed by atoms with Gasteiger partial charge in [-0.15, -0.1) is 6.58 Å². The Balaban J connectivity index is 2.06. The Hall–Kier alpha value is -2.02. The third-order valence-electron chi connectivity index (χ3n) is 3.72. The number of allylic oxidation sites excluding steroid dienone is 1. The Morgan fingerprint density at radius 3 is 2.00 bits per heavy atom. The number of nitrogens with zero attached hydrogens (tertiary/aromatic N) is 1. The van der Waals surface area contributed by atoms with Crippen molar-refractivity contribution < 1.29 is 0 Å². The summed E-state index contributed by atoms with van der Waals surface area (Å²) < 4.78 is 2.45. The van der Waals surface area contributed by atoms with Crippen molar-refractivity contribution in [1.82, 2.24) is 4.57 Å². The van der Waals surface area contributed by atoms with Gasteiger partial charge in [-0.2, -0.15) is 0 Å². The summed E-state index contributed by atoms with van der Waals surface area (Å²) in [6.45, 7) is 4.87. The number of hydrogen-bond donors (Lipinski definition) is 0. The van der Waals surface area contributed by atoms with Crippen molar-refractivity contribution in [3.63, 3.8) is 0 Å². The van der Waals surface area contributed by atoms with Gasteiger partial charge in [0, 0.05) is 28.4 Å². The second kappa shape index (κ2) is 5.31. The van der Waals surface area contributed by atoms with Crippen LogP contribution in [-0.2, 0) is 6.54 Å². The van der Waals surface area contributed by atoms with Crippen LogP contribution in [0.5, 0.6) is 0 Å². The monoisotopic (exact) mass is 249 g/mol. The van der Waals surface area contributed by atoms with Crippen molar-refractivity contribution in [3.8, 4) is 0 Å². The molecule has 0 unspecified atom stereocenters. The summed E-state index contributed by atoms with van der Waals surface area (Å²) in [5.41, 5.74) is 2.70. The van der Waals surface area contributed by atoms with Crippen LogP contribution in [-0.4, -0.2) is 4.57 Å². The van der Waals surface area contributed by atoms with Crippen molar-refractivity contribution in [1.29, 1.82) is 0 Å². The first-order chi connectivity index (χ1) is 9.42. The average molecular weight is 249 g/mol. The molecule has 0 fully saturated rings. The van der Waals surface area contributed by atoms with E-state index in [1.807, 2.05) is 6.08 Å². The number of para-hydroxylation sites is 2. The smallest absolute Gasteiger partial charge is 0.0491 e. The molecular weight excluding hydrogens is 230 g/mol. The zero-order chi connectivity index (χ0) is 13.1. The number of hydrogen-bond acceptors (Lipinski definition) is 0. The van der Waals surface area contributed by atoms with Crippen LogP contribution in [0.1, 0.15) is 19.3 Å². The third-order valence-corrected chi connectivity index (χ3v) is 3.72. The molecule has 0 aliphatic rings. The molecule has 0 amide bonds. The highest BCUT2D eigenvalue weighted by Gasteiger charge is 2.08. The molecule has 0 bridgehead atoms. The lowest BCUT2D eigenvalue weighted by Gasteiger charge is -2.06. The van der Waals surface area contributed by atoms with E-state index in [9.17, 15) is 0 Å². The second-order valence-corrected chi connectivity index (χ2v) is 4.97. The van der Waals surface area contributed by atoms with Gasteiger partial charge in [0.15, 0.2) is 0 Å². The van der Waals surface area contributed by atoms with Gasteiger partial charge in [0.2, 0.25) is 0 Å². The van der Waals surface area contributed by atoms with E-state index < -0.39 is 0 Å². The molecule has 1 nitrogen and oxygen atoms in total. The van der Waals surface area contributed by atoms with Crippen LogP contribution in [0.25, 0.3) is 21.8 Å². The summed E-state index contributed by atoms with van der Waals surface area (Å²) in [5, 5.41) is 2.73. The van der Waals surface area contributed by atoms with Crippen LogP contribution in [0.2, 0.25) is 0 Å². The maximum atomic E-state index is 3.79. The summed E-state index contributed by atoms with van der Waals surface area (Å²) in [7, 11) is 0. The molecular formula is C18H19N. The largest absolute Gasteiger partial charge is 0.340 e. The Morgan fingerprint density at radius 1 is 0.842 bits per heavy atom. The van der Waals surface area contributed by atoms with Crippen LogP contribution in [0.4, 0.5) is 0 Å². The van der Waals surface area contributed by atoms with Gasteiger partial charge in [0.25, 0.3) is 0 Å². The van der Waals surface area contributed by atoms with Crippen LogP contribution < -0.4 is 0 Å². The molecule has 0 aliphatic carbocycles. The normalized spacial score (nSPS) is 11.2. The first kappa shape index (κ1) is 12.0. The highest BCUT2D eigenvalue weighted by Crippen LogP contribution is 2.28. The van der Waals surface area contributed by atoms with E-state index in [0.717, 1.165) is 13.0 Å². The summed E-state index contributed by atoms with van der Waals surface area (Å²) in [6, 6.07) is 17.4. The van der Waals surface area contributed by atoms with Gasteiger partial charge < -0.3 is 4.57 Å². The molecule has 19 heavy (non-hydrogen) atoms. The zero-order valence-corrected chi connectivity index (χ0v) is 11.2. The van der Waals surface area contributed by atoms with Gasteiger partial charge in [-0.25, -0.2) is 0 Å². The highest BCUT2D eigenvalue weighted by atomic mass is 15.0. The predicted molar refractivity (Wildman–Crippen MR) is 83.5 cm³/mol. The van der Waals surface area contributed by atoms with Crippen LogP contribution >= 0.6 is 0 Å². The minimum absolute atomic E-state index is 1.09. The minimum Gasteiger partial charge on any atom is -0.340 e. The molecule has 1 heteroatoms.